The van der Waals surface area contributed by atoms with Gasteiger partial charge in [-0.3, -0.25) is 0 Å². The number of nitrogens with zero attached hydrogens (tertiary/aromatic N) is 4. The first-order valence-corrected chi connectivity index (χ1v) is 9.83. The maximum atomic E-state index is 10.1. The number of likely N-dealkylation sites (N-methyl/N-ethyl adjacent to an activating group) is 1. The Morgan fingerprint density at radius 3 is 2.20 bits per heavy atom. The SMILES string of the molecule is CN1CC=C2C(C#N)=C(N)C(C#N)(C#N)[C@@H](c3ccc(-c4ccccc4)cc3)[C@H]2C1. The van der Waals surface area contributed by atoms with E-state index in [2.05, 4.69) is 23.1 Å². The van der Waals surface area contributed by atoms with Crippen LogP contribution in [0.4, 0.5) is 0 Å². The van der Waals surface area contributed by atoms with Crippen molar-refractivity contribution in [1.82, 2.24) is 4.90 Å². The molecule has 5 nitrogen and oxygen atoms in total. The monoisotopic (exact) mass is 391 g/mol. The van der Waals surface area contributed by atoms with E-state index in [1.807, 2.05) is 67.7 Å². The number of fused-ring (bicyclic) bond motifs is 1. The average molecular weight is 391 g/mol. The second-order valence-electron chi connectivity index (χ2n) is 7.88. The lowest BCUT2D eigenvalue weighted by molar-refractivity contribution is 0.237. The summed E-state index contributed by atoms with van der Waals surface area (Å²) in [6.45, 7) is 1.36. The van der Waals surface area contributed by atoms with E-state index in [1.165, 1.54) is 0 Å². The van der Waals surface area contributed by atoms with Crippen molar-refractivity contribution in [3.05, 3.63) is 83.1 Å². The fourth-order valence-corrected chi connectivity index (χ4v) is 4.71. The van der Waals surface area contributed by atoms with E-state index < -0.39 is 11.3 Å². The van der Waals surface area contributed by atoms with Crippen LogP contribution in [0.1, 0.15) is 11.5 Å². The van der Waals surface area contributed by atoms with E-state index in [4.69, 9.17) is 5.73 Å². The van der Waals surface area contributed by atoms with Gasteiger partial charge in [0.1, 0.15) is 6.07 Å². The molecule has 1 aliphatic carbocycles. The van der Waals surface area contributed by atoms with Crippen LogP contribution in [0.3, 0.4) is 0 Å². The molecule has 0 unspecified atom stereocenters. The van der Waals surface area contributed by atoms with Crippen LogP contribution in [-0.4, -0.2) is 25.0 Å². The van der Waals surface area contributed by atoms with E-state index in [-0.39, 0.29) is 17.2 Å². The number of benzene rings is 2. The van der Waals surface area contributed by atoms with Crippen LogP contribution in [-0.2, 0) is 0 Å². The van der Waals surface area contributed by atoms with Gasteiger partial charge in [-0.25, -0.2) is 0 Å². The standard InChI is InChI=1S/C25H21N5/c1-30-12-11-20-21(13-26)24(29)25(15-27,16-28)23(22(20)14-30)19-9-7-18(8-10-19)17-5-3-2-4-6-17/h2-11,22-23H,12,14,29H2,1H3/t22-,23-/m0/s1. The molecule has 2 aromatic rings. The highest BCUT2D eigenvalue weighted by Crippen LogP contribution is 2.54. The van der Waals surface area contributed by atoms with Gasteiger partial charge in [-0.2, -0.15) is 15.8 Å². The summed E-state index contributed by atoms with van der Waals surface area (Å²) in [6.07, 6.45) is 2.00. The lowest BCUT2D eigenvalue weighted by Gasteiger charge is -2.45. The first kappa shape index (κ1) is 19.5. The third-order valence-electron chi connectivity index (χ3n) is 6.22. The average Bonchev–Trinajstić information content (AvgIpc) is 2.79. The first-order valence-electron chi connectivity index (χ1n) is 9.83. The Labute approximate surface area is 176 Å². The molecule has 0 radical (unpaired) electrons. The second-order valence-corrected chi connectivity index (χ2v) is 7.88. The van der Waals surface area contributed by atoms with Crippen molar-refractivity contribution in [2.24, 2.45) is 17.1 Å². The zero-order chi connectivity index (χ0) is 21.3. The lowest BCUT2D eigenvalue weighted by atomic mass is 9.58. The molecule has 2 atom stereocenters. The molecule has 0 saturated carbocycles. The molecule has 5 heteroatoms. The number of rotatable bonds is 2. The molecule has 0 amide bonds. The van der Waals surface area contributed by atoms with Crippen molar-refractivity contribution < 1.29 is 0 Å². The Bertz CT molecular complexity index is 1140. The maximum absolute atomic E-state index is 10.1. The summed E-state index contributed by atoms with van der Waals surface area (Å²) >= 11 is 0. The predicted octanol–water partition coefficient (Wildman–Crippen LogP) is 3.71. The van der Waals surface area contributed by atoms with Crippen molar-refractivity contribution in [3.8, 4) is 29.3 Å². The fraction of sp³-hybridized carbons (Fsp3) is 0.240. The van der Waals surface area contributed by atoms with Crippen LogP contribution in [0.25, 0.3) is 11.1 Å². The first-order chi connectivity index (χ1) is 14.6. The summed E-state index contributed by atoms with van der Waals surface area (Å²) in [5, 5.41) is 30.0. The number of allylic oxidation sites excluding steroid dienone is 2. The van der Waals surface area contributed by atoms with Gasteiger partial charge in [-0.15, -0.1) is 0 Å². The zero-order valence-electron chi connectivity index (χ0n) is 16.7. The van der Waals surface area contributed by atoms with Gasteiger partial charge in [0.15, 0.2) is 5.41 Å². The highest BCUT2D eigenvalue weighted by Gasteiger charge is 2.54. The summed E-state index contributed by atoms with van der Waals surface area (Å²) in [4.78, 5) is 2.13. The maximum Gasteiger partial charge on any atom is 0.191 e. The summed E-state index contributed by atoms with van der Waals surface area (Å²) in [6, 6.07) is 24.6. The molecule has 2 aliphatic rings. The van der Waals surface area contributed by atoms with Crippen LogP contribution in [0.2, 0.25) is 0 Å². The number of nitrogens with two attached hydrogens (primary N) is 1. The minimum atomic E-state index is -1.58. The van der Waals surface area contributed by atoms with Crippen LogP contribution >= 0.6 is 0 Å². The van der Waals surface area contributed by atoms with Crippen molar-refractivity contribution in [2.45, 2.75) is 5.92 Å². The molecule has 0 spiro atoms. The normalized spacial score (nSPS) is 22.8. The molecule has 2 N–H and O–H groups in total. The number of nitriles is 3. The lowest BCUT2D eigenvalue weighted by Crippen LogP contribution is -2.47. The van der Waals surface area contributed by atoms with Gasteiger partial charge < -0.3 is 10.6 Å². The minimum Gasteiger partial charge on any atom is -0.399 e. The summed E-state index contributed by atoms with van der Waals surface area (Å²) in [5.41, 5.74) is 9.00. The molecule has 0 saturated heterocycles. The molecular weight excluding hydrogens is 370 g/mol. The van der Waals surface area contributed by atoms with E-state index in [9.17, 15) is 15.8 Å². The smallest absolute Gasteiger partial charge is 0.191 e. The molecule has 2 aromatic carbocycles. The predicted molar refractivity (Wildman–Crippen MR) is 114 cm³/mol. The zero-order valence-corrected chi connectivity index (χ0v) is 16.7. The Morgan fingerprint density at radius 1 is 0.967 bits per heavy atom. The Kier molecular flexibility index (Phi) is 4.88. The highest BCUT2D eigenvalue weighted by atomic mass is 15.1. The highest BCUT2D eigenvalue weighted by molar-refractivity contribution is 5.65. The number of hydrogen-bond donors (Lipinski definition) is 1. The van der Waals surface area contributed by atoms with Crippen LogP contribution in [0.5, 0.6) is 0 Å². The Balaban J connectivity index is 1.89. The third-order valence-corrected chi connectivity index (χ3v) is 6.22. The quantitative estimate of drug-likeness (QED) is 0.841. The van der Waals surface area contributed by atoms with E-state index in [0.29, 0.717) is 13.1 Å². The summed E-state index contributed by atoms with van der Waals surface area (Å²) in [5.74, 6) is -0.615. The molecular formula is C25H21N5. The van der Waals surface area contributed by atoms with Crippen LogP contribution in [0.15, 0.2) is 77.5 Å². The van der Waals surface area contributed by atoms with Crippen molar-refractivity contribution >= 4 is 0 Å². The molecule has 0 bridgehead atoms. The molecule has 4 rings (SSSR count). The summed E-state index contributed by atoms with van der Waals surface area (Å²) < 4.78 is 0. The molecule has 1 heterocycles. The second kappa shape index (κ2) is 7.53. The third kappa shape index (κ3) is 2.87. The van der Waals surface area contributed by atoms with Gasteiger partial charge >= 0.3 is 0 Å². The van der Waals surface area contributed by atoms with Crippen molar-refractivity contribution in [3.63, 3.8) is 0 Å². The van der Waals surface area contributed by atoms with Gasteiger partial charge in [-0.05, 0) is 29.3 Å². The molecule has 0 aromatic heterocycles. The largest absolute Gasteiger partial charge is 0.399 e. The van der Waals surface area contributed by atoms with E-state index in [0.717, 1.165) is 22.3 Å². The fourth-order valence-electron chi connectivity index (χ4n) is 4.71. The van der Waals surface area contributed by atoms with Crippen LogP contribution < -0.4 is 5.73 Å². The van der Waals surface area contributed by atoms with E-state index in [1.54, 1.807) is 0 Å². The topological polar surface area (TPSA) is 101 Å². The van der Waals surface area contributed by atoms with Gasteiger partial charge in [0.25, 0.3) is 0 Å². The molecule has 1 aliphatic heterocycles. The summed E-state index contributed by atoms with van der Waals surface area (Å²) in [7, 11) is 2.00. The Hall–Kier alpha value is -3.85. The number of hydrogen-bond acceptors (Lipinski definition) is 5. The van der Waals surface area contributed by atoms with Gasteiger partial charge in [-0.1, -0.05) is 60.7 Å². The molecule has 146 valence electrons. The van der Waals surface area contributed by atoms with Crippen molar-refractivity contribution in [2.75, 3.05) is 20.1 Å². The Morgan fingerprint density at radius 2 is 1.60 bits per heavy atom. The molecule has 30 heavy (non-hydrogen) atoms. The minimum absolute atomic E-state index is 0.0687. The molecule has 0 fully saturated rings. The van der Waals surface area contributed by atoms with Gasteiger partial charge in [0.05, 0.1) is 23.4 Å². The van der Waals surface area contributed by atoms with Crippen molar-refractivity contribution in [1.29, 1.82) is 15.8 Å². The van der Waals surface area contributed by atoms with Crippen LogP contribution in [0, 0.1) is 45.3 Å². The van der Waals surface area contributed by atoms with Gasteiger partial charge in [0, 0.05) is 24.9 Å². The van der Waals surface area contributed by atoms with E-state index >= 15 is 0 Å². The van der Waals surface area contributed by atoms with Gasteiger partial charge in [0.2, 0.25) is 0 Å².